The number of carbonyl (C=O) groups is 1. The number of hydrogen-bond acceptors (Lipinski definition) is 6. The van der Waals surface area contributed by atoms with Gasteiger partial charge in [-0.25, -0.2) is 9.37 Å². The Morgan fingerprint density at radius 1 is 1.22 bits per heavy atom. The van der Waals surface area contributed by atoms with Crippen molar-refractivity contribution in [3.8, 4) is 11.4 Å². The van der Waals surface area contributed by atoms with Crippen LogP contribution in [-0.2, 0) is 4.79 Å². The molecule has 2 aromatic carbocycles. The van der Waals surface area contributed by atoms with E-state index in [-0.39, 0.29) is 23.0 Å². The van der Waals surface area contributed by atoms with Gasteiger partial charge in [-0.15, -0.1) is 11.3 Å². The van der Waals surface area contributed by atoms with Gasteiger partial charge in [-0.1, -0.05) is 17.8 Å². The van der Waals surface area contributed by atoms with E-state index in [4.69, 9.17) is 4.74 Å². The van der Waals surface area contributed by atoms with Crippen LogP contribution in [0.2, 0.25) is 0 Å². The van der Waals surface area contributed by atoms with Gasteiger partial charge in [-0.05, 0) is 66.8 Å². The zero-order chi connectivity index (χ0) is 22.8. The minimum Gasteiger partial charge on any atom is -0.495 e. The molecule has 0 saturated heterocycles. The molecule has 2 aromatic heterocycles. The van der Waals surface area contributed by atoms with Gasteiger partial charge in [0.05, 0.1) is 29.8 Å². The first-order chi connectivity index (χ1) is 15.4. The number of halogens is 1. The molecule has 164 valence electrons. The normalized spacial score (nSPS) is 11.0. The quantitative estimate of drug-likeness (QED) is 0.320. The summed E-state index contributed by atoms with van der Waals surface area (Å²) in [5.41, 5.74) is 2.79. The molecule has 6 nitrogen and oxygen atoms in total. The van der Waals surface area contributed by atoms with Crippen molar-refractivity contribution in [2.75, 3.05) is 18.2 Å². The topological polar surface area (TPSA) is 73.2 Å². The number of amides is 1. The number of thiophene rings is 1. The number of carbonyl (C=O) groups excluding carboxylic acids is 1. The van der Waals surface area contributed by atoms with Gasteiger partial charge in [0.15, 0.2) is 5.16 Å². The number of anilines is 1. The fourth-order valence-corrected chi connectivity index (χ4v) is 4.79. The van der Waals surface area contributed by atoms with Gasteiger partial charge in [-0.2, -0.15) is 0 Å². The number of aromatic nitrogens is 2. The smallest absolute Gasteiger partial charge is 0.276 e. The Bertz CT molecular complexity index is 1380. The molecule has 32 heavy (non-hydrogen) atoms. The lowest BCUT2D eigenvalue weighted by atomic mass is 10.2. The van der Waals surface area contributed by atoms with Crippen LogP contribution in [0.15, 0.2) is 57.8 Å². The lowest BCUT2D eigenvalue weighted by molar-refractivity contribution is -0.113. The molecule has 1 amide bonds. The highest BCUT2D eigenvalue weighted by Gasteiger charge is 2.17. The standard InChI is InChI=1S/C23H20FN3O3S2/c1-13-4-7-19(30-3)18(10-13)25-20(28)12-32-23-26-17-8-9-31-21(17)22(29)27(23)15-5-6-16(24)14(2)11-15/h4-11H,12H2,1-3H3,(H,25,28). The molecule has 0 saturated carbocycles. The predicted molar refractivity (Wildman–Crippen MR) is 127 cm³/mol. The molecule has 4 aromatic rings. The Labute approximate surface area is 192 Å². The van der Waals surface area contributed by atoms with Gasteiger partial charge in [-0.3, -0.25) is 14.2 Å². The second kappa shape index (κ2) is 9.13. The lowest BCUT2D eigenvalue weighted by Crippen LogP contribution is -2.22. The average Bonchev–Trinajstić information content (AvgIpc) is 3.24. The van der Waals surface area contributed by atoms with Gasteiger partial charge >= 0.3 is 0 Å². The molecule has 0 aliphatic heterocycles. The fraction of sp³-hybridized carbons (Fsp3) is 0.174. The monoisotopic (exact) mass is 469 g/mol. The summed E-state index contributed by atoms with van der Waals surface area (Å²) in [4.78, 5) is 30.4. The van der Waals surface area contributed by atoms with E-state index in [1.54, 1.807) is 37.6 Å². The van der Waals surface area contributed by atoms with Crippen LogP contribution in [0.1, 0.15) is 11.1 Å². The van der Waals surface area contributed by atoms with Crippen LogP contribution in [0, 0.1) is 19.7 Å². The Kier molecular flexibility index (Phi) is 6.29. The second-order valence-corrected chi connectivity index (χ2v) is 9.00. The maximum Gasteiger partial charge on any atom is 0.276 e. The van der Waals surface area contributed by atoms with Crippen molar-refractivity contribution in [3.05, 3.63) is 75.1 Å². The summed E-state index contributed by atoms with van der Waals surface area (Å²) < 4.78 is 21.0. The zero-order valence-corrected chi connectivity index (χ0v) is 19.3. The first-order valence-electron chi connectivity index (χ1n) is 9.71. The van der Waals surface area contributed by atoms with E-state index >= 15 is 0 Å². The first kappa shape index (κ1) is 22.0. The summed E-state index contributed by atoms with van der Waals surface area (Å²) in [6, 6.07) is 11.7. The summed E-state index contributed by atoms with van der Waals surface area (Å²) in [7, 11) is 1.54. The number of thioether (sulfide) groups is 1. The molecule has 0 atom stereocenters. The average molecular weight is 470 g/mol. The number of fused-ring (bicyclic) bond motifs is 1. The molecular weight excluding hydrogens is 449 g/mol. The van der Waals surface area contributed by atoms with E-state index < -0.39 is 0 Å². The first-order valence-corrected chi connectivity index (χ1v) is 11.6. The molecule has 9 heteroatoms. The number of rotatable bonds is 6. The number of benzene rings is 2. The van der Waals surface area contributed by atoms with Gasteiger partial charge in [0, 0.05) is 0 Å². The molecule has 0 aliphatic rings. The summed E-state index contributed by atoms with van der Waals surface area (Å²) in [6.07, 6.45) is 0. The second-order valence-electron chi connectivity index (χ2n) is 7.14. The lowest BCUT2D eigenvalue weighted by Gasteiger charge is -2.14. The molecule has 0 bridgehead atoms. The molecule has 0 radical (unpaired) electrons. The van der Waals surface area contributed by atoms with E-state index in [1.807, 2.05) is 19.1 Å². The van der Waals surface area contributed by atoms with E-state index in [0.29, 0.717) is 38.1 Å². The van der Waals surface area contributed by atoms with Gasteiger partial charge < -0.3 is 10.1 Å². The van der Waals surface area contributed by atoms with Crippen molar-refractivity contribution >= 4 is 44.9 Å². The molecule has 4 rings (SSSR count). The van der Waals surface area contributed by atoms with Crippen molar-refractivity contribution in [2.45, 2.75) is 19.0 Å². The Morgan fingerprint density at radius 3 is 2.78 bits per heavy atom. The maximum absolute atomic E-state index is 13.8. The summed E-state index contributed by atoms with van der Waals surface area (Å²) >= 11 is 2.44. The molecule has 0 spiro atoms. The van der Waals surface area contributed by atoms with Crippen molar-refractivity contribution in [2.24, 2.45) is 0 Å². The summed E-state index contributed by atoms with van der Waals surface area (Å²) in [5.74, 6) is -0.0298. The van der Waals surface area contributed by atoms with Gasteiger partial charge in [0.1, 0.15) is 16.3 Å². The van der Waals surface area contributed by atoms with E-state index in [1.165, 1.54) is 28.0 Å². The van der Waals surface area contributed by atoms with E-state index in [9.17, 15) is 14.0 Å². The van der Waals surface area contributed by atoms with Crippen LogP contribution in [-0.4, -0.2) is 28.3 Å². The third kappa shape index (κ3) is 4.39. The minimum atomic E-state index is -0.354. The van der Waals surface area contributed by atoms with Crippen LogP contribution in [0.4, 0.5) is 10.1 Å². The van der Waals surface area contributed by atoms with Gasteiger partial charge in [0.25, 0.3) is 5.56 Å². The molecule has 1 N–H and O–H groups in total. The third-order valence-electron chi connectivity index (χ3n) is 4.81. The van der Waals surface area contributed by atoms with Crippen LogP contribution in [0.3, 0.4) is 0 Å². The number of hydrogen-bond donors (Lipinski definition) is 1. The van der Waals surface area contributed by atoms with Crippen molar-refractivity contribution in [1.82, 2.24) is 9.55 Å². The minimum absolute atomic E-state index is 0.0271. The SMILES string of the molecule is COc1ccc(C)cc1NC(=O)CSc1nc2ccsc2c(=O)n1-c1ccc(F)c(C)c1. The number of aryl methyl sites for hydroxylation is 2. The number of nitrogens with one attached hydrogen (secondary N) is 1. The van der Waals surface area contributed by atoms with Crippen LogP contribution >= 0.6 is 23.1 Å². The third-order valence-corrected chi connectivity index (χ3v) is 6.64. The number of nitrogens with zero attached hydrogens (tertiary/aromatic N) is 2. The Balaban J connectivity index is 1.65. The van der Waals surface area contributed by atoms with Crippen LogP contribution in [0.25, 0.3) is 15.9 Å². The molecule has 0 fully saturated rings. The predicted octanol–water partition coefficient (Wildman–Crippen LogP) is 4.94. The highest BCUT2D eigenvalue weighted by atomic mass is 32.2. The Hall–Kier alpha value is -3.17. The van der Waals surface area contributed by atoms with Crippen LogP contribution < -0.4 is 15.6 Å². The van der Waals surface area contributed by atoms with Crippen LogP contribution in [0.5, 0.6) is 5.75 Å². The largest absolute Gasteiger partial charge is 0.495 e. The van der Waals surface area contributed by atoms with Crippen molar-refractivity contribution in [3.63, 3.8) is 0 Å². The van der Waals surface area contributed by atoms with E-state index in [2.05, 4.69) is 10.3 Å². The van der Waals surface area contributed by atoms with E-state index in [0.717, 1.165) is 17.3 Å². The number of methoxy groups -OCH3 is 1. The van der Waals surface area contributed by atoms with Crippen molar-refractivity contribution < 1.29 is 13.9 Å². The van der Waals surface area contributed by atoms with Crippen molar-refractivity contribution in [1.29, 1.82) is 0 Å². The zero-order valence-electron chi connectivity index (χ0n) is 17.6. The van der Waals surface area contributed by atoms with Gasteiger partial charge in [0.2, 0.25) is 5.91 Å². The molecule has 2 heterocycles. The number of ether oxygens (including phenoxy) is 1. The highest BCUT2D eigenvalue weighted by Crippen LogP contribution is 2.27. The summed E-state index contributed by atoms with van der Waals surface area (Å²) in [6.45, 7) is 3.56. The molecular formula is C23H20FN3O3S2. The summed E-state index contributed by atoms with van der Waals surface area (Å²) in [5, 5.41) is 5.00. The highest BCUT2D eigenvalue weighted by molar-refractivity contribution is 7.99. The fourth-order valence-electron chi connectivity index (χ4n) is 3.22. The maximum atomic E-state index is 13.8. The molecule has 0 aliphatic carbocycles. The molecule has 0 unspecified atom stereocenters. The Morgan fingerprint density at radius 2 is 2.03 bits per heavy atom.